The Morgan fingerprint density at radius 2 is 1.65 bits per heavy atom. The van der Waals surface area contributed by atoms with Crippen molar-refractivity contribution in [3.63, 3.8) is 0 Å². The van der Waals surface area contributed by atoms with E-state index in [0.29, 0.717) is 18.9 Å². The van der Waals surface area contributed by atoms with Gasteiger partial charge in [-0.3, -0.25) is 15.0 Å². The maximum Gasteiger partial charge on any atom is 0.263 e. The minimum absolute atomic E-state index is 0.304. The average Bonchev–Trinajstić information content (AvgIpc) is 2.75. The second-order valence-corrected chi connectivity index (χ2v) is 7.07. The predicted octanol–water partition coefficient (Wildman–Crippen LogP) is 3.21. The highest BCUT2D eigenvalue weighted by Gasteiger charge is 2.30. The first-order chi connectivity index (χ1) is 14.8. The van der Waals surface area contributed by atoms with E-state index in [1.54, 1.807) is 12.1 Å². The summed E-state index contributed by atoms with van der Waals surface area (Å²) in [6.07, 6.45) is 0. The fourth-order valence-electron chi connectivity index (χ4n) is 3.03. The lowest BCUT2D eigenvalue weighted by Crippen LogP contribution is -2.36. The second-order valence-electron chi connectivity index (χ2n) is 6.66. The Morgan fingerprint density at radius 1 is 1.06 bits per heavy atom. The van der Waals surface area contributed by atoms with Crippen LogP contribution >= 0.6 is 12.2 Å². The van der Waals surface area contributed by atoms with Crippen LogP contribution in [-0.2, 0) is 11.3 Å². The number of anilines is 1. The summed E-state index contributed by atoms with van der Waals surface area (Å²) >= 11 is 4.95. The molecule has 1 fully saturated rings. The van der Waals surface area contributed by atoms with Crippen LogP contribution in [0.25, 0.3) is 0 Å². The normalized spacial score (nSPS) is 14.2. The molecule has 31 heavy (non-hydrogen) atoms. The van der Waals surface area contributed by atoms with Gasteiger partial charge in [-0.2, -0.15) is 8.78 Å². The molecule has 0 unspecified atom stereocenters. The highest BCUT2D eigenvalue weighted by Crippen LogP contribution is 2.29. The largest absolute Gasteiger partial charge is 0.491 e. The van der Waals surface area contributed by atoms with E-state index in [-0.39, 0.29) is 5.11 Å². The molecule has 0 aromatic heterocycles. The number of carbonyl (C=O) groups excluding carboxylic acids is 1. The molecule has 1 amide bonds. The number of carbonyl (C=O) groups is 1. The minimum Gasteiger partial charge on any atom is -0.491 e. The molecule has 2 N–H and O–H groups in total. The maximum absolute atomic E-state index is 14.1. The van der Waals surface area contributed by atoms with Crippen molar-refractivity contribution in [2.45, 2.75) is 6.54 Å². The van der Waals surface area contributed by atoms with E-state index in [1.807, 2.05) is 17.4 Å². The molecule has 0 saturated carbocycles. The Labute approximate surface area is 181 Å². The van der Waals surface area contributed by atoms with Gasteiger partial charge in [0.15, 0.2) is 22.5 Å². The zero-order valence-corrected chi connectivity index (χ0v) is 17.3. The van der Waals surface area contributed by atoms with E-state index >= 15 is 0 Å². The van der Waals surface area contributed by atoms with Crippen molar-refractivity contribution >= 4 is 28.9 Å². The quantitative estimate of drug-likeness (QED) is 0.409. The van der Waals surface area contributed by atoms with Gasteiger partial charge >= 0.3 is 0 Å². The summed E-state index contributed by atoms with van der Waals surface area (Å²) in [5, 5.41) is 4.37. The van der Waals surface area contributed by atoms with Gasteiger partial charge in [0, 0.05) is 25.3 Å². The van der Waals surface area contributed by atoms with Crippen molar-refractivity contribution in [1.82, 2.24) is 10.2 Å². The van der Waals surface area contributed by atoms with E-state index in [9.17, 15) is 22.4 Å². The summed E-state index contributed by atoms with van der Waals surface area (Å²) in [4.78, 5) is 14.4. The van der Waals surface area contributed by atoms with E-state index in [2.05, 4.69) is 15.0 Å². The number of nitrogens with zero attached hydrogens (tertiary/aromatic N) is 1. The number of methoxy groups -OCH3 is 1. The molecule has 2 aromatic rings. The molecule has 2 aromatic carbocycles. The third kappa shape index (κ3) is 5.30. The van der Waals surface area contributed by atoms with Gasteiger partial charge in [0.2, 0.25) is 11.6 Å². The van der Waals surface area contributed by atoms with Gasteiger partial charge in [-0.05, 0) is 29.9 Å². The molecule has 1 aliphatic rings. The molecule has 3 rings (SSSR count). The van der Waals surface area contributed by atoms with Gasteiger partial charge < -0.3 is 14.8 Å². The first-order valence-corrected chi connectivity index (χ1v) is 9.64. The number of rotatable bonds is 5. The summed E-state index contributed by atoms with van der Waals surface area (Å²) < 4.78 is 65.3. The van der Waals surface area contributed by atoms with E-state index in [1.165, 1.54) is 0 Å². The van der Waals surface area contributed by atoms with Crippen LogP contribution in [0.1, 0.15) is 15.9 Å². The third-order valence-electron chi connectivity index (χ3n) is 4.60. The highest BCUT2D eigenvalue weighted by molar-refractivity contribution is 7.80. The van der Waals surface area contributed by atoms with Crippen LogP contribution in [0.2, 0.25) is 0 Å². The summed E-state index contributed by atoms with van der Waals surface area (Å²) in [6.45, 7) is 3.82. The summed E-state index contributed by atoms with van der Waals surface area (Å²) in [5.41, 5.74) is 0.112. The SMILES string of the molecule is COc1c(F)c(F)c(C(=O)NC(=S)Nc2ccc(CN3CCOCC3)cc2)c(F)c1F. The summed E-state index contributed by atoms with van der Waals surface area (Å²) in [6, 6.07) is 7.13. The smallest absolute Gasteiger partial charge is 0.263 e. The highest BCUT2D eigenvalue weighted by atomic mass is 32.1. The molecule has 1 aliphatic heterocycles. The molecule has 0 atom stereocenters. The number of hydrogen-bond acceptors (Lipinski definition) is 5. The van der Waals surface area contributed by atoms with Crippen LogP contribution in [0, 0.1) is 23.3 Å². The molecule has 1 heterocycles. The Morgan fingerprint density at radius 3 is 2.19 bits per heavy atom. The maximum atomic E-state index is 14.1. The number of hydrogen-bond donors (Lipinski definition) is 2. The van der Waals surface area contributed by atoms with Gasteiger partial charge in [-0.25, -0.2) is 8.78 Å². The van der Waals surface area contributed by atoms with Gasteiger partial charge in [0.1, 0.15) is 5.56 Å². The fraction of sp³-hybridized carbons (Fsp3) is 0.300. The number of morpholine rings is 1. The fourth-order valence-corrected chi connectivity index (χ4v) is 3.24. The Kier molecular flexibility index (Phi) is 7.42. The molecule has 0 radical (unpaired) electrons. The average molecular weight is 457 g/mol. The van der Waals surface area contributed by atoms with Gasteiger partial charge in [-0.1, -0.05) is 12.1 Å². The molecule has 0 spiro atoms. The van der Waals surface area contributed by atoms with Crippen molar-refractivity contribution in [2.75, 3.05) is 38.7 Å². The van der Waals surface area contributed by atoms with Crippen LogP contribution in [-0.4, -0.2) is 49.3 Å². The standard InChI is InChI=1S/C20H19F4N3O3S/c1-29-18-16(23)14(21)13(15(22)17(18)24)19(28)26-20(31)25-12-4-2-11(3-5-12)10-27-6-8-30-9-7-27/h2-5H,6-10H2,1H3,(H2,25,26,28,31). The molecule has 0 aliphatic carbocycles. The van der Waals surface area contributed by atoms with Crippen molar-refractivity contribution in [2.24, 2.45) is 0 Å². The molecular formula is C20H19F4N3O3S. The lowest BCUT2D eigenvalue weighted by molar-refractivity contribution is 0.0342. The molecule has 0 bridgehead atoms. The number of benzene rings is 2. The topological polar surface area (TPSA) is 62.8 Å². The molecule has 1 saturated heterocycles. The lowest BCUT2D eigenvalue weighted by Gasteiger charge is -2.26. The number of halogens is 4. The third-order valence-corrected chi connectivity index (χ3v) is 4.81. The zero-order valence-electron chi connectivity index (χ0n) is 16.4. The monoisotopic (exact) mass is 457 g/mol. The lowest BCUT2D eigenvalue weighted by atomic mass is 10.1. The van der Waals surface area contributed by atoms with E-state index in [0.717, 1.165) is 32.3 Å². The number of thiocarbonyl (C=S) groups is 1. The van der Waals surface area contributed by atoms with Crippen LogP contribution in [0.5, 0.6) is 5.75 Å². The van der Waals surface area contributed by atoms with Crippen LogP contribution in [0.4, 0.5) is 23.2 Å². The van der Waals surface area contributed by atoms with Crippen molar-refractivity contribution in [1.29, 1.82) is 0 Å². The molecule has 6 nitrogen and oxygen atoms in total. The van der Waals surface area contributed by atoms with Crippen LogP contribution in [0.15, 0.2) is 24.3 Å². The Bertz CT molecular complexity index is 954. The van der Waals surface area contributed by atoms with Crippen molar-refractivity contribution in [3.8, 4) is 5.75 Å². The number of nitrogens with one attached hydrogen (secondary N) is 2. The Hall–Kier alpha value is -2.76. The number of ether oxygens (including phenoxy) is 2. The molecule has 11 heteroatoms. The van der Waals surface area contributed by atoms with Gasteiger partial charge in [0.05, 0.1) is 20.3 Å². The van der Waals surface area contributed by atoms with Gasteiger partial charge in [0.25, 0.3) is 5.91 Å². The van der Waals surface area contributed by atoms with E-state index in [4.69, 9.17) is 17.0 Å². The van der Waals surface area contributed by atoms with Gasteiger partial charge in [-0.15, -0.1) is 0 Å². The van der Waals surface area contributed by atoms with Crippen LogP contribution < -0.4 is 15.4 Å². The molecule has 166 valence electrons. The minimum atomic E-state index is -1.89. The summed E-state index contributed by atoms with van der Waals surface area (Å²) in [5.74, 6) is -10.1. The van der Waals surface area contributed by atoms with E-state index < -0.39 is 40.5 Å². The van der Waals surface area contributed by atoms with Crippen molar-refractivity contribution < 1.29 is 31.8 Å². The first kappa shape index (κ1) is 22.9. The summed E-state index contributed by atoms with van der Waals surface area (Å²) in [7, 11) is 0.839. The second kappa shape index (κ2) is 10.0. The first-order valence-electron chi connectivity index (χ1n) is 9.23. The predicted molar refractivity (Wildman–Crippen MR) is 109 cm³/mol. The number of amides is 1. The van der Waals surface area contributed by atoms with Crippen LogP contribution in [0.3, 0.4) is 0 Å². The van der Waals surface area contributed by atoms with Crippen molar-refractivity contribution in [3.05, 3.63) is 58.7 Å². The Balaban J connectivity index is 1.64. The molecular weight excluding hydrogens is 438 g/mol. The zero-order chi connectivity index (χ0) is 22.5.